The Kier molecular flexibility index (Phi) is 8.60. The number of amides is 2. The van der Waals surface area contributed by atoms with Gasteiger partial charge in [0.1, 0.15) is 11.6 Å². The van der Waals surface area contributed by atoms with E-state index in [2.05, 4.69) is 20.4 Å². The standard InChI is InChI=1S/C29H28FN5O4S/c1-2-38-25-13-5-20(6-14-25)27-32-33-29(39-27)40-19-26(36)31-23-9-11-24(12-10-23)34-15-17-35(18-16-34)28(37)21-3-7-22(30)8-4-21/h3-14H,2,15-19H2,1H3,(H,31,36). The Bertz CT molecular complexity index is 1440. The lowest BCUT2D eigenvalue weighted by Crippen LogP contribution is -2.48. The van der Waals surface area contributed by atoms with Crippen LogP contribution in [0.2, 0.25) is 0 Å². The number of hydrogen-bond acceptors (Lipinski definition) is 8. The average molecular weight is 562 g/mol. The predicted molar refractivity (Wildman–Crippen MR) is 151 cm³/mol. The van der Waals surface area contributed by atoms with Gasteiger partial charge in [0.25, 0.3) is 11.1 Å². The van der Waals surface area contributed by atoms with Crippen molar-refractivity contribution in [1.29, 1.82) is 0 Å². The summed E-state index contributed by atoms with van der Waals surface area (Å²) in [5.41, 5.74) is 2.95. The highest BCUT2D eigenvalue weighted by atomic mass is 32.2. The second-order valence-electron chi connectivity index (χ2n) is 9.00. The van der Waals surface area contributed by atoms with Gasteiger partial charge in [-0.3, -0.25) is 9.59 Å². The predicted octanol–water partition coefficient (Wildman–Crippen LogP) is 4.97. The Morgan fingerprint density at radius 1 is 0.950 bits per heavy atom. The minimum absolute atomic E-state index is 0.0940. The lowest BCUT2D eigenvalue weighted by atomic mass is 10.1. The lowest BCUT2D eigenvalue weighted by Gasteiger charge is -2.36. The Labute approximate surface area is 235 Å². The van der Waals surface area contributed by atoms with E-state index in [-0.39, 0.29) is 23.4 Å². The number of halogens is 1. The molecule has 2 amide bonds. The highest BCUT2D eigenvalue weighted by Gasteiger charge is 2.22. The Hall–Kier alpha value is -4.38. The second kappa shape index (κ2) is 12.6. The fourth-order valence-corrected chi connectivity index (χ4v) is 4.83. The van der Waals surface area contributed by atoms with Crippen molar-refractivity contribution >= 4 is 35.0 Å². The highest BCUT2D eigenvalue weighted by molar-refractivity contribution is 7.99. The summed E-state index contributed by atoms with van der Waals surface area (Å²) < 4.78 is 24.3. The molecule has 0 aliphatic carbocycles. The largest absolute Gasteiger partial charge is 0.494 e. The van der Waals surface area contributed by atoms with Crippen molar-refractivity contribution in [3.05, 3.63) is 84.2 Å². The molecular formula is C29H28FN5O4S. The van der Waals surface area contributed by atoms with Crippen molar-refractivity contribution in [2.24, 2.45) is 0 Å². The minimum atomic E-state index is -0.360. The van der Waals surface area contributed by atoms with E-state index in [1.807, 2.05) is 55.5 Å². The van der Waals surface area contributed by atoms with Crippen molar-refractivity contribution in [2.45, 2.75) is 12.1 Å². The number of carbonyl (C=O) groups excluding carboxylic acids is 2. The van der Waals surface area contributed by atoms with Gasteiger partial charge in [0, 0.05) is 48.7 Å². The number of benzene rings is 3. The number of thioether (sulfide) groups is 1. The molecule has 1 fully saturated rings. The Morgan fingerprint density at radius 2 is 1.65 bits per heavy atom. The van der Waals surface area contributed by atoms with Gasteiger partial charge in [-0.05, 0) is 79.7 Å². The molecule has 1 N–H and O–H groups in total. The van der Waals surface area contributed by atoms with Crippen molar-refractivity contribution in [2.75, 3.05) is 48.8 Å². The maximum Gasteiger partial charge on any atom is 0.277 e. The third kappa shape index (κ3) is 6.78. The van der Waals surface area contributed by atoms with Gasteiger partial charge in [-0.15, -0.1) is 10.2 Å². The van der Waals surface area contributed by atoms with Crippen LogP contribution >= 0.6 is 11.8 Å². The zero-order valence-electron chi connectivity index (χ0n) is 21.9. The van der Waals surface area contributed by atoms with Gasteiger partial charge in [-0.1, -0.05) is 11.8 Å². The molecule has 0 atom stereocenters. The maximum absolute atomic E-state index is 13.2. The van der Waals surface area contributed by atoms with E-state index < -0.39 is 0 Å². The fraction of sp³-hybridized carbons (Fsp3) is 0.241. The van der Waals surface area contributed by atoms with Gasteiger partial charge in [-0.2, -0.15) is 0 Å². The lowest BCUT2D eigenvalue weighted by molar-refractivity contribution is -0.113. The van der Waals surface area contributed by atoms with Crippen molar-refractivity contribution < 1.29 is 23.1 Å². The zero-order chi connectivity index (χ0) is 27.9. The minimum Gasteiger partial charge on any atom is -0.494 e. The van der Waals surface area contributed by atoms with E-state index >= 15 is 0 Å². The first-order chi connectivity index (χ1) is 19.5. The van der Waals surface area contributed by atoms with Crippen LogP contribution in [0.5, 0.6) is 5.75 Å². The molecule has 5 rings (SSSR count). The van der Waals surface area contributed by atoms with Crippen LogP contribution in [-0.4, -0.2) is 65.5 Å². The smallest absolute Gasteiger partial charge is 0.277 e. The summed E-state index contributed by atoms with van der Waals surface area (Å²) in [7, 11) is 0. The summed E-state index contributed by atoms with van der Waals surface area (Å²) in [6.45, 7) is 5.02. The van der Waals surface area contributed by atoms with E-state index in [1.54, 1.807) is 4.90 Å². The first kappa shape index (κ1) is 27.2. The number of nitrogens with zero attached hydrogens (tertiary/aromatic N) is 4. The number of nitrogens with one attached hydrogen (secondary N) is 1. The number of rotatable bonds is 9. The van der Waals surface area contributed by atoms with Crippen molar-refractivity contribution in [3.8, 4) is 17.2 Å². The van der Waals surface area contributed by atoms with Crippen LogP contribution in [-0.2, 0) is 4.79 Å². The number of piperazine rings is 1. The van der Waals surface area contributed by atoms with E-state index in [1.165, 1.54) is 36.0 Å². The van der Waals surface area contributed by atoms with Crippen LogP contribution in [0.3, 0.4) is 0 Å². The first-order valence-corrected chi connectivity index (χ1v) is 13.9. The van der Waals surface area contributed by atoms with Crippen LogP contribution in [0.1, 0.15) is 17.3 Å². The van der Waals surface area contributed by atoms with E-state index in [4.69, 9.17) is 9.15 Å². The van der Waals surface area contributed by atoms with Crippen molar-refractivity contribution in [3.63, 3.8) is 0 Å². The summed E-state index contributed by atoms with van der Waals surface area (Å²) in [5.74, 6) is 0.623. The number of ether oxygens (including phenoxy) is 1. The second-order valence-corrected chi connectivity index (χ2v) is 9.93. The molecule has 1 aromatic heterocycles. The molecule has 2 heterocycles. The van der Waals surface area contributed by atoms with Gasteiger partial charge >= 0.3 is 0 Å². The van der Waals surface area contributed by atoms with Crippen molar-refractivity contribution in [1.82, 2.24) is 15.1 Å². The zero-order valence-corrected chi connectivity index (χ0v) is 22.7. The van der Waals surface area contributed by atoms with Gasteiger partial charge in [0.15, 0.2) is 0 Å². The van der Waals surface area contributed by atoms with Gasteiger partial charge in [0.05, 0.1) is 12.4 Å². The number of carbonyl (C=O) groups is 2. The SMILES string of the molecule is CCOc1ccc(-c2nnc(SCC(=O)Nc3ccc(N4CCN(C(=O)c5ccc(F)cc5)CC4)cc3)o2)cc1. The summed E-state index contributed by atoms with van der Waals surface area (Å²) >= 11 is 1.17. The third-order valence-corrected chi connectivity index (χ3v) is 7.14. The summed E-state index contributed by atoms with van der Waals surface area (Å²) in [6, 6.07) is 20.6. The molecule has 0 unspecified atom stereocenters. The Morgan fingerprint density at radius 3 is 2.33 bits per heavy atom. The Balaban J connectivity index is 1.07. The maximum atomic E-state index is 13.2. The van der Waals surface area contributed by atoms with Gasteiger partial charge in [0.2, 0.25) is 11.8 Å². The third-order valence-electron chi connectivity index (χ3n) is 6.32. The van der Waals surface area contributed by atoms with Crippen LogP contribution < -0.4 is 15.0 Å². The highest BCUT2D eigenvalue weighted by Crippen LogP contribution is 2.25. The van der Waals surface area contributed by atoms with Crippen LogP contribution in [0.25, 0.3) is 11.5 Å². The molecule has 0 bridgehead atoms. The molecule has 0 spiro atoms. The molecule has 3 aromatic carbocycles. The summed E-state index contributed by atoms with van der Waals surface area (Å²) in [6.07, 6.45) is 0. The molecule has 9 nitrogen and oxygen atoms in total. The topological polar surface area (TPSA) is 101 Å². The van der Waals surface area contributed by atoms with Gasteiger partial charge in [-0.25, -0.2) is 4.39 Å². The molecule has 11 heteroatoms. The monoisotopic (exact) mass is 561 g/mol. The molecule has 1 saturated heterocycles. The van der Waals surface area contributed by atoms with Crippen LogP contribution in [0, 0.1) is 5.82 Å². The van der Waals surface area contributed by atoms with Gasteiger partial charge < -0.3 is 24.3 Å². The molecule has 4 aromatic rings. The molecule has 1 aliphatic heterocycles. The van der Waals surface area contributed by atoms with Crippen LogP contribution in [0.4, 0.5) is 15.8 Å². The summed E-state index contributed by atoms with van der Waals surface area (Å²) in [4.78, 5) is 29.1. The molecule has 206 valence electrons. The first-order valence-electron chi connectivity index (χ1n) is 12.9. The fourth-order valence-electron chi connectivity index (χ4n) is 4.27. The van der Waals surface area contributed by atoms with E-state index in [9.17, 15) is 14.0 Å². The molecule has 1 aliphatic rings. The number of aromatic nitrogens is 2. The molecule has 40 heavy (non-hydrogen) atoms. The molecule has 0 radical (unpaired) electrons. The summed E-state index contributed by atoms with van der Waals surface area (Å²) in [5, 5.41) is 11.3. The normalized spacial score (nSPS) is 13.2. The quantitative estimate of drug-likeness (QED) is 0.286. The van der Waals surface area contributed by atoms with E-state index in [0.717, 1.165) is 17.0 Å². The van der Waals surface area contributed by atoms with E-state index in [0.29, 0.717) is 55.2 Å². The number of hydrogen-bond donors (Lipinski definition) is 1. The van der Waals surface area contributed by atoms with Crippen LogP contribution in [0.15, 0.2) is 82.4 Å². The number of anilines is 2. The average Bonchev–Trinajstić information content (AvgIpc) is 3.46. The molecular weight excluding hydrogens is 533 g/mol. The molecule has 0 saturated carbocycles.